The number of carbonyl (C=O) groups excluding carboxylic acids is 1. The van der Waals surface area contributed by atoms with E-state index >= 15 is 0 Å². The molecule has 0 radical (unpaired) electrons. The van der Waals surface area contributed by atoms with Crippen molar-refractivity contribution in [3.63, 3.8) is 0 Å². The summed E-state index contributed by atoms with van der Waals surface area (Å²) in [6.45, 7) is 5.31. The third-order valence-corrected chi connectivity index (χ3v) is 8.38. The highest BCUT2D eigenvalue weighted by Gasteiger charge is 2.34. The molecule has 9 nitrogen and oxygen atoms in total. The molecular weight excluding hydrogens is 604 g/mol. The maximum atomic E-state index is 13.8. The zero-order chi connectivity index (χ0) is 27.7. The van der Waals surface area contributed by atoms with Gasteiger partial charge in [-0.3, -0.25) is 9.36 Å². The summed E-state index contributed by atoms with van der Waals surface area (Å²) >= 11 is 5.99. The molecule has 0 unspecified atom stereocenters. The van der Waals surface area contributed by atoms with Crippen molar-refractivity contribution in [3.8, 4) is 5.75 Å². The van der Waals surface area contributed by atoms with Crippen molar-refractivity contribution in [1.29, 1.82) is 0 Å². The van der Waals surface area contributed by atoms with Crippen molar-refractivity contribution in [1.82, 2.24) is 14.5 Å². The van der Waals surface area contributed by atoms with Gasteiger partial charge in [0.05, 0.1) is 39.5 Å². The van der Waals surface area contributed by atoms with Crippen LogP contribution >= 0.6 is 39.0 Å². The van der Waals surface area contributed by atoms with E-state index in [9.17, 15) is 9.59 Å². The van der Waals surface area contributed by atoms with Crippen molar-refractivity contribution in [2.45, 2.75) is 43.2 Å². The van der Waals surface area contributed by atoms with Gasteiger partial charge in [0.15, 0.2) is 15.1 Å². The summed E-state index contributed by atoms with van der Waals surface area (Å²) in [7, 11) is 1.57. The average Bonchev–Trinajstić information content (AvgIpc) is 3.41. The molecule has 0 N–H and O–H groups in total. The summed E-state index contributed by atoms with van der Waals surface area (Å²) in [6.07, 6.45) is 4.64. The molecule has 0 saturated carbocycles. The van der Waals surface area contributed by atoms with Crippen LogP contribution in [0, 0.1) is 0 Å². The van der Waals surface area contributed by atoms with Gasteiger partial charge in [0.2, 0.25) is 0 Å². The predicted molar refractivity (Wildman–Crippen MR) is 151 cm³/mol. The predicted octanol–water partition coefficient (Wildman–Crippen LogP) is 4.49. The third-order valence-electron chi connectivity index (χ3n) is 5.67. The highest BCUT2D eigenvalue weighted by atomic mass is 79.9. The van der Waals surface area contributed by atoms with Gasteiger partial charge < -0.3 is 13.9 Å². The number of halogens is 1. The van der Waals surface area contributed by atoms with Gasteiger partial charge in [-0.25, -0.2) is 19.8 Å². The van der Waals surface area contributed by atoms with Crippen LogP contribution in [0.4, 0.5) is 0 Å². The fourth-order valence-corrected chi connectivity index (χ4v) is 6.31. The van der Waals surface area contributed by atoms with Crippen LogP contribution < -0.4 is 19.6 Å². The molecule has 1 aromatic carbocycles. The number of hydrogen-bond donors (Lipinski definition) is 0. The summed E-state index contributed by atoms with van der Waals surface area (Å²) in [5.74, 6) is 0.556. The van der Waals surface area contributed by atoms with E-state index in [1.54, 1.807) is 64.5 Å². The number of carbonyl (C=O) groups is 1. The lowest BCUT2D eigenvalue weighted by atomic mass is 9.95. The van der Waals surface area contributed by atoms with Crippen molar-refractivity contribution in [2.24, 2.45) is 4.99 Å². The first-order chi connectivity index (χ1) is 18.7. The first-order valence-electron chi connectivity index (χ1n) is 11.9. The van der Waals surface area contributed by atoms with Crippen molar-refractivity contribution in [3.05, 3.63) is 95.5 Å². The molecule has 0 amide bonds. The van der Waals surface area contributed by atoms with E-state index in [1.807, 2.05) is 18.2 Å². The third kappa shape index (κ3) is 5.63. The summed E-state index contributed by atoms with van der Waals surface area (Å²) in [6, 6.07) is 10.1. The Morgan fingerprint density at radius 1 is 1.23 bits per heavy atom. The maximum absolute atomic E-state index is 13.8. The molecule has 39 heavy (non-hydrogen) atoms. The number of hydrogen-bond acceptors (Lipinski definition) is 10. The van der Waals surface area contributed by atoms with Crippen molar-refractivity contribution < 1.29 is 18.7 Å². The van der Waals surface area contributed by atoms with Gasteiger partial charge in [0.25, 0.3) is 5.56 Å². The Hall–Kier alpha value is -3.48. The number of methoxy groups -OCH3 is 1. The van der Waals surface area contributed by atoms with Gasteiger partial charge in [0.1, 0.15) is 11.5 Å². The van der Waals surface area contributed by atoms with E-state index in [2.05, 4.69) is 30.9 Å². The quantitative estimate of drug-likeness (QED) is 0.218. The largest absolute Gasteiger partial charge is 0.497 e. The van der Waals surface area contributed by atoms with E-state index < -0.39 is 12.0 Å². The van der Waals surface area contributed by atoms with Gasteiger partial charge in [-0.15, -0.1) is 0 Å². The molecule has 0 bridgehead atoms. The lowest BCUT2D eigenvalue weighted by molar-refractivity contribution is -0.143. The topological polar surface area (TPSA) is 109 Å². The van der Waals surface area contributed by atoms with Crippen molar-refractivity contribution >= 4 is 51.1 Å². The molecule has 1 atom stereocenters. The fraction of sp³-hybridized carbons (Fsp3) is 0.222. The Balaban J connectivity index is 1.62. The molecule has 4 heterocycles. The van der Waals surface area contributed by atoms with Gasteiger partial charge in [-0.05, 0) is 78.3 Å². The molecule has 0 aliphatic carbocycles. The van der Waals surface area contributed by atoms with Gasteiger partial charge in [-0.2, -0.15) is 0 Å². The molecule has 1 aliphatic rings. The number of esters is 1. The maximum Gasteiger partial charge on any atom is 0.338 e. The second-order valence-corrected chi connectivity index (χ2v) is 11.5. The van der Waals surface area contributed by atoms with E-state index in [0.29, 0.717) is 52.4 Å². The smallest absolute Gasteiger partial charge is 0.338 e. The molecule has 3 aromatic heterocycles. The number of thiazole rings is 1. The minimum absolute atomic E-state index is 0.304. The minimum Gasteiger partial charge on any atom is -0.497 e. The second kappa shape index (κ2) is 11.3. The number of benzene rings is 1. The Labute approximate surface area is 240 Å². The van der Waals surface area contributed by atoms with E-state index in [4.69, 9.17) is 13.9 Å². The lowest BCUT2D eigenvalue weighted by Gasteiger charge is -2.25. The Morgan fingerprint density at radius 3 is 2.72 bits per heavy atom. The standard InChI is InChI=1S/C27H23BrN4O5S2/c1-14(2)36-24(34)21-15(3)31-27-32(22(21)16-7-5-8-17(11-16)35-4)23(33)20(38-27)13-18-12-19(28)25(37-18)39-26-29-9-6-10-30-26/h5-14,22H,1-4H3/b20-13-/t22-/m1/s1. The van der Waals surface area contributed by atoms with E-state index in [1.165, 1.54) is 27.7 Å². The highest BCUT2D eigenvalue weighted by molar-refractivity contribution is 9.10. The Morgan fingerprint density at radius 2 is 2.00 bits per heavy atom. The van der Waals surface area contributed by atoms with Gasteiger partial charge >= 0.3 is 5.97 Å². The normalized spacial score (nSPS) is 15.3. The molecule has 12 heteroatoms. The van der Waals surface area contributed by atoms with E-state index in [-0.39, 0.29) is 11.7 Å². The van der Waals surface area contributed by atoms with Crippen LogP contribution in [-0.4, -0.2) is 33.7 Å². The number of aromatic nitrogens is 3. The van der Waals surface area contributed by atoms with Crippen LogP contribution in [0.2, 0.25) is 0 Å². The number of nitrogens with zero attached hydrogens (tertiary/aromatic N) is 4. The second-order valence-electron chi connectivity index (χ2n) is 8.73. The van der Waals surface area contributed by atoms with Gasteiger partial charge in [0, 0.05) is 18.5 Å². The number of furan rings is 1. The van der Waals surface area contributed by atoms with Crippen LogP contribution in [0.1, 0.15) is 38.1 Å². The first-order valence-corrected chi connectivity index (χ1v) is 14.3. The first kappa shape index (κ1) is 27.1. The molecule has 0 spiro atoms. The minimum atomic E-state index is -0.741. The van der Waals surface area contributed by atoms with Crippen LogP contribution in [-0.2, 0) is 9.53 Å². The number of ether oxygens (including phenoxy) is 2. The molecular formula is C27H23BrN4O5S2. The summed E-state index contributed by atoms with van der Waals surface area (Å²) < 4.78 is 19.6. The summed E-state index contributed by atoms with van der Waals surface area (Å²) in [5.41, 5.74) is 1.19. The SMILES string of the molecule is COc1cccc([C@@H]2C(C(=O)OC(C)C)=C(C)N=c3s/c(=C\c4cc(Br)c(Sc5ncccn5)o4)c(=O)n32)c1. The Kier molecular flexibility index (Phi) is 7.87. The molecule has 1 aliphatic heterocycles. The monoisotopic (exact) mass is 626 g/mol. The summed E-state index contributed by atoms with van der Waals surface area (Å²) in [5, 5.41) is 1.09. The van der Waals surface area contributed by atoms with Crippen LogP contribution in [0.15, 0.2) is 89.0 Å². The zero-order valence-electron chi connectivity index (χ0n) is 21.4. The molecule has 0 saturated heterocycles. The molecule has 0 fully saturated rings. The fourth-order valence-electron chi connectivity index (χ4n) is 4.05. The summed E-state index contributed by atoms with van der Waals surface area (Å²) in [4.78, 5) is 40.6. The van der Waals surface area contributed by atoms with Gasteiger partial charge in [-0.1, -0.05) is 23.5 Å². The number of rotatable bonds is 7. The number of allylic oxidation sites excluding steroid dienone is 1. The highest BCUT2D eigenvalue weighted by Crippen LogP contribution is 2.35. The molecule has 200 valence electrons. The van der Waals surface area contributed by atoms with Crippen molar-refractivity contribution in [2.75, 3.05) is 7.11 Å². The Bertz CT molecular complexity index is 1760. The molecule has 4 aromatic rings. The number of fused-ring (bicyclic) bond motifs is 1. The molecule has 5 rings (SSSR count). The average molecular weight is 628 g/mol. The lowest BCUT2D eigenvalue weighted by Crippen LogP contribution is -2.40. The van der Waals surface area contributed by atoms with Crippen LogP contribution in [0.5, 0.6) is 5.75 Å². The van der Waals surface area contributed by atoms with Crippen LogP contribution in [0.3, 0.4) is 0 Å². The van der Waals surface area contributed by atoms with Crippen LogP contribution in [0.25, 0.3) is 6.08 Å². The zero-order valence-corrected chi connectivity index (χ0v) is 24.6. The van der Waals surface area contributed by atoms with E-state index in [0.717, 1.165) is 0 Å².